The monoisotopic (exact) mass is 414 g/mol. The van der Waals surface area contributed by atoms with Crippen molar-refractivity contribution in [3.63, 3.8) is 0 Å². The van der Waals surface area contributed by atoms with Gasteiger partial charge in [-0.25, -0.2) is 0 Å². The minimum atomic E-state index is -0.314. The molecule has 0 saturated heterocycles. The summed E-state index contributed by atoms with van der Waals surface area (Å²) in [7, 11) is 0. The number of carbonyl (C=O) groups is 1. The molecular weight excluding hydrogens is 392 g/mol. The molecule has 3 rings (SSSR count). The number of nitrogens with zero attached hydrogens (tertiary/aromatic N) is 2. The van der Waals surface area contributed by atoms with Crippen molar-refractivity contribution in [3.8, 4) is 0 Å². The predicted molar refractivity (Wildman–Crippen MR) is 117 cm³/mol. The Bertz CT molecular complexity index is 1100. The van der Waals surface area contributed by atoms with Gasteiger partial charge in [-0.3, -0.25) is 4.79 Å². The Labute approximate surface area is 173 Å². The Kier molecular flexibility index (Phi) is 6.83. The molecule has 146 valence electrons. The number of benzene rings is 2. The molecule has 1 amide bonds. The van der Waals surface area contributed by atoms with Gasteiger partial charge in [-0.15, -0.1) is 0 Å². The highest BCUT2D eigenvalue weighted by atomic mass is 35.5. The molecule has 0 fully saturated rings. The number of aromatic nitrogens is 1. The summed E-state index contributed by atoms with van der Waals surface area (Å²) in [6, 6.07) is 11.7. The second kappa shape index (κ2) is 9.32. The van der Waals surface area contributed by atoms with E-state index in [0.717, 1.165) is 15.8 Å². The van der Waals surface area contributed by atoms with E-state index in [-0.39, 0.29) is 5.91 Å². The van der Waals surface area contributed by atoms with Crippen molar-refractivity contribution in [2.45, 2.75) is 27.3 Å². The second-order valence-electron chi connectivity index (χ2n) is 6.47. The highest BCUT2D eigenvalue weighted by molar-refractivity contribution is 7.16. The van der Waals surface area contributed by atoms with E-state index in [4.69, 9.17) is 16.3 Å². The Morgan fingerprint density at radius 1 is 1.29 bits per heavy atom. The lowest BCUT2D eigenvalue weighted by molar-refractivity contribution is -0.113. The zero-order chi connectivity index (χ0) is 20.1. The van der Waals surface area contributed by atoms with Crippen molar-refractivity contribution < 1.29 is 9.53 Å². The molecule has 1 heterocycles. The Morgan fingerprint density at radius 3 is 2.82 bits per heavy atom. The fourth-order valence-corrected chi connectivity index (χ4v) is 4.33. The fourth-order valence-electron chi connectivity index (χ4n) is 3.02. The van der Waals surface area contributed by atoms with Gasteiger partial charge in [-0.2, -0.15) is 4.99 Å². The third-order valence-corrected chi connectivity index (χ3v) is 5.87. The Balaban J connectivity index is 2.00. The van der Waals surface area contributed by atoms with Crippen molar-refractivity contribution in [2.24, 2.45) is 4.99 Å². The maximum absolute atomic E-state index is 12.5. The van der Waals surface area contributed by atoms with Crippen LogP contribution in [0.15, 0.2) is 47.5 Å². The topological polar surface area (TPSA) is 43.6 Å². The third-order valence-electron chi connectivity index (χ3n) is 4.29. The van der Waals surface area contributed by atoms with Gasteiger partial charge in [0.15, 0.2) is 4.80 Å². The summed E-state index contributed by atoms with van der Waals surface area (Å²) >= 11 is 7.67. The van der Waals surface area contributed by atoms with Crippen LogP contribution < -0.4 is 4.80 Å². The summed E-state index contributed by atoms with van der Waals surface area (Å²) in [6.07, 6.45) is 3.15. The number of carbonyl (C=O) groups excluding carboxylic acids is 1. The zero-order valence-electron chi connectivity index (χ0n) is 16.2. The van der Waals surface area contributed by atoms with E-state index in [2.05, 4.69) is 35.5 Å². The molecule has 0 aliphatic rings. The number of rotatable bonds is 6. The minimum absolute atomic E-state index is 0.314. The Morgan fingerprint density at radius 2 is 2.07 bits per heavy atom. The molecule has 0 saturated carbocycles. The lowest BCUT2D eigenvalue weighted by atomic mass is 10.1. The SMILES string of the molecule is CCOCCn1c(=NC(=O)/C=C/c2ccccc2Cl)sc2c(C)cc(C)cc21. The van der Waals surface area contributed by atoms with Crippen LogP contribution in [0.5, 0.6) is 0 Å². The molecule has 0 radical (unpaired) electrons. The van der Waals surface area contributed by atoms with E-state index in [9.17, 15) is 4.79 Å². The minimum Gasteiger partial charge on any atom is -0.380 e. The van der Waals surface area contributed by atoms with Crippen molar-refractivity contribution in [3.05, 3.63) is 69.0 Å². The molecule has 0 unspecified atom stereocenters. The summed E-state index contributed by atoms with van der Waals surface area (Å²) in [4.78, 5) is 17.5. The van der Waals surface area contributed by atoms with Crippen molar-refractivity contribution in [2.75, 3.05) is 13.2 Å². The second-order valence-corrected chi connectivity index (χ2v) is 7.85. The summed E-state index contributed by atoms with van der Waals surface area (Å²) < 4.78 is 8.73. The first-order chi connectivity index (χ1) is 13.5. The average Bonchev–Trinajstić information content (AvgIpc) is 2.99. The zero-order valence-corrected chi connectivity index (χ0v) is 17.8. The molecule has 0 aliphatic heterocycles. The van der Waals surface area contributed by atoms with Crippen LogP contribution in [-0.2, 0) is 16.1 Å². The van der Waals surface area contributed by atoms with Gasteiger partial charge < -0.3 is 9.30 Å². The van der Waals surface area contributed by atoms with E-state index < -0.39 is 0 Å². The summed E-state index contributed by atoms with van der Waals surface area (Å²) in [5.41, 5.74) is 4.25. The number of fused-ring (bicyclic) bond motifs is 1. The quantitative estimate of drug-likeness (QED) is 0.413. The summed E-state index contributed by atoms with van der Waals surface area (Å²) in [6.45, 7) is 8.02. The number of hydrogen-bond acceptors (Lipinski definition) is 3. The molecule has 1 aromatic heterocycles. The molecule has 0 aliphatic carbocycles. The summed E-state index contributed by atoms with van der Waals surface area (Å²) in [5, 5.41) is 0.603. The van der Waals surface area contributed by atoms with Gasteiger partial charge >= 0.3 is 0 Å². The summed E-state index contributed by atoms with van der Waals surface area (Å²) in [5.74, 6) is -0.314. The van der Waals surface area contributed by atoms with E-state index in [1.54, 1.807) is 12.1 Å². The number of amides is 1. The Hall–Kier alpha value is -2.21. The lowest BCUT2D eigenvalue weighted by Gasteiger charge is -2.06. The average molecular weight is 415 g/mol. The van der Waals surface area contributed by atoms with E-state index in [1.165, 1.54) is 28.5 Å². The molecule has 3 aromatic rings. The van der Waals surface area contributed by atoms with E-state index in [0.29, 0.717) is 29.6 Å². The molecule has 2 aromatic carbocycles. The highest BCUT2D eigenvalue weighted by Crippen LogP contribution is 2.23. The number of aryl methyl sites for hydroxylation is 2. The number of halogens is 1. The number of ether oxygens (including phenoxy) is 1. The van der Waals surface area contributed by atoms with Crippen LogP contribution in [0.3, 0.4) is 0 Å². The van der Waals surface area contributed by atoms with Crippen LogP contribution in [0.25, 0.3) is 16.3 Å². The van der Waals surface area contributed by atoms with Gasteiger partial charge in [0.2, 0.25) is 0 Å². The van der Waals surface area contributed by atoms with Crippen molar-refractivity contribution in [1.82, 2.24) is 4.57 Å². The smallest absolute Gasteiger partial charge is 0.272 e. The first-order valence-corrected chi connectivity index (χ1v) is 10.4. The molecular formula is C22H23ClN2O2S. The highest BCUT2D eigenvalue weighted by Gasteiger charge is 2.10. The molecule has 0 bridgehead atoms. The van der Waals surface area contributed by atoms with Crippen molar-refractivity contribution in [1.29, 1.82) is 0 Å². The molecule has 6 heteroatoms. The maximum atomic E-state index is 12.5. The molecule has 28 heavy (non-hydrogen) atoms. The molecule has 4 nitrogen and oxygen atoms in total. The molecule has 0 spiro atoms. The van der Waals surface area contributed by atoms with Gasteiger partial charge in [0.05, 0.1) is 16.8 Å². The van der Waals surface area contributed by atoms with Crippen LogP contribution in [-0.4, -0.2) is 23.7 Å². The fraction of sp³-hybridized carbons (Fsp3) is 0.273. The van der Waals surface area contributed by atoms with Crippen LogP contribution in [0.4, 0.5) is 0 Å². The lowest BCUT2D eigenvalue weighted by Crippen LogP contribution is -2.19. The van der Waals surface area contributed by atoms with Crippen LogP contribution >= 0.6 is 22.9 Å². The van der Waals surface area contributed by atoms with Crippen LogP contribution in [0, 0.1) is 13.8 Å². The van der Waals surface area contributed by atoms with Gasteiger partial charge in [-0.1, -0.05) is 47.2 Å². The van der Waals surface area contributed by atoms with Crippen LogP contribution in [0.1, 0.15) is 23.6 Å². The first kappa shape index (κ1) is 20.5. The van der Waals surface area contributed by atoms with Gasteiger partial charge in [0.1, 0.15) is 0 Å². The number of hydrogen-bond donors (Lipinski definition) is 0. The normalized spacial score (nSPS) is 12.4. The van der Waals surface area contributed by atoms with Gasteiger partial charge in [0, 0.05) is 24.3 Å². The maximum Gasteiger partial charge on any atom is 0.272 e. The van der Waals surface area contributed by atoms with Crippen molar-refractivity contribution >= 4 is 45.1 Å². The number of thiazole rings is 1. The van der Waals surface area contributed by atoms with Gasteiger partial charge in [-0.05, 0) is 55.7 Å². The van der Waals surface area contributed by atoms with Gasteiger partial charge in [0.25, 0.3) is 5.91 Å². The largest absolute Gasteiger partial charge is 0.380 e. The van der Waals surface area contributed by atoms with E-state index in [1.807, 2.05) is 25.1 Å². The molecule has 0 atom stereocenters. The molecule has 0 N–H and O–H groups in total. The third kappa shape index (κ3) is 4.79. The standard InChI is InChI=1S/C22H23ClN2O2S/c1-4-27-12-11-25-19-14-15(2)13-16(3)21(19)28-22(25)24-20(26)10-9-17-7-5-6-8-18(17)23/h5-10,13-14H,4,11-12H2,1-3H3/b10-9+,24-22?. The predicted octanol–water partition coefficient (Wildman–Crippen LogP) is 5.15. The first-order valence-electron chi connectivity index (χ1n) is 9.19. The van der Waals surface area contributed by atoms with Crippen LogP contribution in [0.2, 0.25) is 5.02 Å². The van der Waals surface area contributed by atoms with E-state index >= 15 is 0 Å².